The van der Waals surface area contributed by atoms with Crippen LogP contribution in [-0.2, 0) is 16.0 Å². The van der Waals surface area contributed by atoms with Gasteiger partial charge in [-0.2, -0.15) is 0 Å². The highest BCUT2D eigenvalue weighted by atomic mass is 16.2. The van der Waals surface area contributed by atoms with Gasteiger partial charge in [-0.3, -0.25) is 9.59 Å². The van der Waals surface area contributed by atoms with Gasteiger partial charge in [-0.25, -0.2) is 4.90 Å². The van der Waals surface area contributed by atoms with Gasteiger partial charge in [-0.05, 0) is 36.3 Å². The largest absolute Gasteiger partial charge is 0.274 e. The Morgan fingerprint density at radius 3 is 2.25 bits per heavy atom. The molecule has 0 spiro atoms. The average Bonchev–Trinajstić information content (AvgIpc) is 3.13. The van der Waals surface area contributed by atoms with Crippen LogP contribution in [0.2, 0.25) is 0 Å². The van der Waals surface area contributed by atoms with E-state index in [1.54, 1.807) is 0 Å². The average molecular weight is 267 g/mol. The summed E-state index contributed by atoms with van der Waals surface area (Å²) in [6, 6.07) is 7.75. The van der Waals surface area contributed by atoms with Crippen molar-refractivity contribution in [3.05, 3.63) is 42.0 Å². The molecule has 3 aliphatic rings. The number of allylic oxidation sites excluding steroid dienone is 2. The number of rotatable bonds is 2. The second-order valence-electron chi connectivity index (χ2n) is 5.99. The van der Waals surface area contributed by atoms with Crippen LogP contribution in [0.25, 0.3) is 0 Å². The topological polar surface area (TPSA) is 37.4 Å². The highest BCUT2D eigenvalue weighted by Gasteiger charge is 2.59. The predicted molar refractivity (Wildman–Crippen MR) is 76.0 cm³/mol. The van der Waals surface area contributed by atoms with E-state index in [1.165, 1.54) is 4.90 Å². The molecule has 1 saturated carbocycles. The lowest BCUT2D eigenvalue weighted by atomic mass is 9.85. The third kappa shape index (κ3) is 1.35. The molecule has 4 rings (SSSR count). The number of carbonyl (C=O) groups is 2. The smallest absolute Gasteiger partial charge is 0.238 e. The molecule has 4 atom stereocenters. The zero-order chi connectivity index (χ0) is 13.9. The number of hydrogen-bond donors (Lipinski definition) is 0. The van der Waals surface area contributed by atoms with Gasteiger partial charge in [0.15, 0.2) is 0 Å². The van der Waals surface area contributed by atoms with Crippen LogP contribution in [0.3, 0.4) is 0 Å². The van der Waals surface area contributed by atoms with Gasteiger partial charge in [-0.15, -0.1) is 0 Å². The summed E-state index contributed by atoms with van der Waals surface area (Å²) in [7, 11) is 0. The number of benzene rings is 1. The molecule has 2 aliphatic carbocycles. The number of aryl methyl sites for hydroxylation is 1. The summed E-state index contributed by atoms with van der Waals surface area (Å²) in [4.78, 5) is 26.9. The minimum Gasteiger partial charge on any atom is -0.274 e. The SMILES string of the molecule is CCc1ccccc1N1C(=O)[C@@H]2[C@@H](C1=O)[C@H]1C=C[C@@H]2C1. The summed E-state index contributed by atoms with van der Waals surface area (Å²) in [6.45, 7) is 2.05. The molecule has 1 aromatic rings. The second kappa shape index (κ2) is 4.05. The lowest BCUT2D eigenvalue weighted by Crippen LogP contribution is -2.33. The van der Waals surface area contributed by atoms with Gasteiger partial charge < -0.3 is 0 Å². The molecule has 0 radical (unpaired) electrons. The van der Waals surface area contributed by atoms with Gasteiger partial charge in [0.05, 0.1) is 17.5 Å². The third-order valence-electron chi connectivity index (χ3n) is 5.08. The van der Waals surface area contributed by atoms with E-state index >= 15 is 0 Å². The second-order valence-corrected chi connectivity index (χ2v) is 5.99. The van der Waals surface area contributed by atoms with Crippen LogP contribution in [0.15, 0.2) is 36.4 Å². The van der Waals surface area contributed by atoms with Gasteiger partial charge in [0.25, 0.3) is 0 Å². The quantitative estimate of drug-likeness (QED) is 0.610. The Labute approximate surface area is 118 Å². The van der Waals surface area contributed by atoms with E-state index in [9.17, 15) is 9.59 Å². The zero-order valence-electron chi connectivity index (χ0n) is 11.5. The number of carbonyl (C=O) groups excluding carboxylic acids is 2. The van der Waals surface area contributed by atoms with Crippen molar-refractivity contribution in [2.24, 2.45) is 23.7 Å². The normalized spacial score (nSPS) is 34.1. The molecule has 2 fully saturated rings. The highest BCUT2D eigenvalue weighted by Crippen LogP contribution is 2.53. The van der Waals surface area contributed by atoms with E-state index in [2.05, 4.69) is 19.1 Å². The van der Waals surface area contributed by atoms with Crippen molar-refractivity contribution < 1.29 is 9.59 Å². The Hall–Kier alpha value is -1.90. The summed E-state index contributed by atoms with van der Waals surface area (Å²) < 4.78 is 0. The molecule has 2 bridgehead atoms. The molecule has 0 unspecified atom stereocenters. The Balaban J connectivity index is 1.78. The summed E-state index contributed by atoms with van der Waals surface area (Å²) in [5.41, 5.74) is 1.85. The first kappa shape index (κ1) is 11.9. The number of fused-ring (bicyclic) bond motifs is 5. The summed E-state index contributed by atoms with van der Waals surface area (Å²) in [6.07, 6.45) is 6.07. The van der Waals surface area contributed by atoms with Crippen LogP contribution in [-0.4, -0.2) is 11.8 Å². The maximum absolute atomic E-state index is 12.7. The van der Waals surface area contributed by atoms with Crippen molar-refractivity contribution in [1.29, 1.82) is 0 Å². The number of amides is 2. The van der Waals surface area contributed by atoms with Crippen molar-refractivity contribution in [2.75, 3.05) is 4.90 Å². The van der Waals surface area contributed by atoms with Crippen LogP contribution in [0.4, 0.5) is 5.69 Å². The highest BCUT2D eigenvalue weighted by molar-refractivity contribution is 6.23. The molecule has 1 aromatic carbocycles. The van der Waals surface area contributed by atoms with Crippen molar-refractivity contribution in [3.63, 3.8) is 0 Å². The van der Waals surface area contributed by atoms with Crippen LogP contribution in [0, 0.1) is 23.7 Å². The molecule has 1 aliphatic heterocycles. The number of hydrogen-bond acceptors (Lipinski definition) is 2. The number of para-hydroxylation sites is 1. The maximum Gasteiger partial charge on any atom is 0.238 e. The molecule has 3 heteroatoms. The Bertz CT molecular complexity index is 604. The molecule has 3 nitrogen and oxygen atoms in total. The molecule has 2 amide bonds. The van der Waals surface area contributed by atoms with Crippen molar-refractivity contribution >= 4 is 17.5 Å². The molecule has 102 valence electrons. The third-order valence-corrected chi connectivity index (χ3v) is 5.08. The Morgan fingerprint density at radius 1 is 1.05 bits per heavy atom. The first-order valence-electron chi connectivity index (χ1n) is 7.36. The Morgan fingerprint density at radius 2 is 1.65 bits per heavy atom. The van der Waals surface area contributed by atoms with Crippen molar-refractivity contribution in [2.45, 2.75) is 19.8 Å². The van der Waals surface area contributed by atoms with Gasteiger partial charge >= 0.3 is 0 Å². The number of nitrogens with zero attached hydrogens (tertiary/aromatic N) is 1. The minimum atomic E-state index is -0.109. The van der Waals surface area contributed by atoms with Crippen LogP contribution >= 0.6 is 0 Å². The standard InChI is InChI=1S/C17H17NO2/c1-2-10-5-3-4-6-13(10)18-16(19)14-11-7-8-12(9-11)15(14)17(18)20/h3-8,11-12,14-15H,2,9H2,1H3/t11-,12+,14-,15-/m0/s1. The number of anilines is 1. The van der Waals surface area contributed by atoms with Crippen LogP contribution in [0.5, 0.6) is 0 Å². The summed E-state index contributed by atoms with van der Waals surface area (Å²) in [5.74, 6) is 0.362. The fraction of sp³-hybridized carbons (Fsp3) is 0.412. The Kier molecular flexibility index (Phi) is 2.40. The minimum absolute atomic E-state index is 0.0118. The van der Waals surface area contributed by atoms with Gasteiger partial charge in [0, 0.05) is 0 Å². The molecule has 20 heavy (non-hydrogen) atoms. The number of imide groups is 1. The van der Waals surface area contributed by atoms with Gasteiger partial charge in [0.1, 0.15) is 0 Å². The van der Waals surface area contributed by atoms with E-state index in [0.717, 1.165) is 24.1 Å². The lowest BCUT2D eigenvalue weighted by molar-refractivity contribution is -0.123. The first-order chi connectivity index (χ1) is 9.72. The monoisotopic (exact) mass is 267 g/mol. The van der Waals surface area contributed by atoms with Crippen molar-refractivity contribution in [3.8, 4) is 0 Å². The molecular weight excluding hydrogens is 250 g/mol. The van der Waals surface area contributed by atoms with E-state index in [0.29, 0.717) is 0 Å². The fourth-order valence-corrected chi connectivity index (χ4v) is 4.17. The van der Waals surface area contributed by atoms with E-state index in [1.807, 2.05) is 24.3 Å². The zero-order valence-corrected chi connectivity index (χ0v) is 11.5. The van der Waals surface area contributed by atoms with E-state index in [-0.39, 0.29) is 35.5 Å². The van der Waals surface area contributed by atoms with Crippen molar-refractivity contribution in [1.82, 2.24) is 0 Å². The van der Waals surface area contributed by atoms with E-state index in [4.69, 9.17) is 0 Å². The lowest BCUT2D eigenvalue weighted by Gasteiger charge is -2.20. The van der Waals surface area contributed by atoms with Gasteiger partial charge in [0.2, 0.25) is 11.8 Å². The van der Waals surface area contributed by atoms with Crippen LogP contribution < -0.4 is 4.90 Å². The summed E-state index contributed by atoms with van der Waals surface area (Å²) in [5, 5.41) is 0. The first-order valence-corrected chi connectivity index (χ1v) is 7.36. The predicted octanol–water partition coefficient (Wildman–Crippen LogP) is 2.56. The molecule has 1 heterocycles. The molecule has 0 aromatic heterocycles. The summed E-state index contributed by atoms with van der Waals surface area (Å²) >= 11 is 0. The van der Waals surface area contributed by atoms with Gasteiger partial charge in [-0.1, -0.05) is 37.3 Å². The van der Waals surface area contributed by atoms with E-state index < -0.39 is 0 Å². The molecule has 1 saturated heterocycles. The van der Waals surface area contributed by atoms with Crippen LogP contribution in [0.1, 0.15) is 18.9 Å². The molecule has 0 N–H and O–H groups in total. The molecular formula is C17H17NO2. The fourth-order valence-electron chi connectivity index (χ4n) is 4.17. The maximum atomic E-state index is 12.7.